The van der Waals surface area contributed by atoms with Gasteiger partial charge in [0, 0.05) is 0 Å². The summed E-state index contributed by atoms with van der Waals surface area (Å²) >= 11 is 0. The summed E-state index contributed by atoms with van der Waals surface area (Å²) in [7, 11) is 0. The van der Waals surface area contributed by atoms with Gasteiger partial charge in [0.2, 0.25) is 0 Å². The van der Waals surface area contributed by atoms with Crippen LogP contribution in [0.25, 0.3) is 0 Å². The van der Waals surface area contributed by atoms with Crippen molar-refractivity contribution in [1.29, 1.82) is 0 Å². The number of hydrogen-bond donors (Lipinski definition) is 0. The van der Waals surface area contributed by atoms with E-state index in [0.29, 0.717) is 11.8 Å². The van der Waals surface area contributed by atoms with Gasteiger partial charge in [0.05, 0.1) is 0 Å². The van der Waals surface area contributed by atoms with Gasteiger partial charge in [-0.15, -0.1) is 0 Å². The number of aryl methyl sites for hydroxylation is 1. The van der Waals surface area contributed by atoms with E-state index in [9.17, 15) is 0 Å². The van der Waals surface area contributed by atoms with Crippen LogP contribution in [0.1, 0.15) is 68.2 Å². The molecule has 0 unspecified atom stereocenters. The monoisotopic (exact) mass is 202 g/mol. The lowest BCUT2D eigenvalue weighted by molar-refractivity contribution is 0.776. The van der Waals surface area contributed by atoms with E-state index in [4.69, 9.17) is 0 Å². The third-order valence-corrected chi connectivity index (χ3v) is 3.56. The Labute approximate surface area is 93.7 Å². The van der Waals surface area contributed by atoms with Gasteiger partial charge in [0.1, 0.15) is 0 Å². The van der Waals surface area contributed by atoms with Crippen molar-refractivity contribution in [2.45, 2.75) is 58.8 Å². The zero-order chi connectivity index (χ0) is 11.0. The molecule has 0 atom stereocenters. The highest BCUT2D eigenvalue weighted by molar-refractivity contribution is 5.46. The van der Waals surface area contributed by atoms with Gasteiger partial charge in [0.25, 0.3) is 0 Å². The molecule has 0 bridgehead atoms. The van der Waals surface area contributed by atoms with Gasteiger partial charge in [-0.05, 0) is 53.4 Å². The molecule has 82 valence electrons. The second-order valence-corrected chi connectivity index (χ2v) is 5.37. The van der Waals surface area contributed by atoms with Crippen molar-refractivity contribution >= 4 is 0 Å². The molecule has 0 N–H and O–H groups in total. The highest BCUT2D eigenvalue weighted by Crippen LogP contribution is 2.35. The summed E-state index contributed by atoms with van der Waals surface area (Å²) in [4.78, 5) is 0. The van der Waals surface area contributed by atoms with E-state index in [1.54, 1.807) is 22.3 Å². The Balaban J connectivity index is 2.58. The van der Waals surface area contributed by atoms with Crippen molar-refractivity contribution in [2.24, 2.45) is 0 Å². The lowest BCUT2D eigenvalue weighted by Gasteiger charge is -2.20. The summed E-state index contributed by atoms with van der Waals surface area (Å²) in [5.41, 5.74) is 6.52. The summed E-state index contributed by atoms with van der Waals surface area (Å²) in [6.07, 6.45) is 3.97. The minimum Gasteiger partial charge on any atom is -0.0587 e. The molecule has 15 heavy (non-hydrogen) atoms. The van der Waals surface area contributed by atoms with Gasteiger partial charge in [-0.25, -0.2) is 0 Å². The third-order valence-electron chi connectivity index (χ3n) is 3.56. The van der Waals surface area contributed by atoms with Crippen LogP contribution in [-0.4, -0.2) is 0 Å². The van der Waals surface area contributed by atoms with Gasteiger partial charge < -0.3 is 0 Å². The maximum absolute atomic E-state index is 2.37. The molecule has 0 radical (unpaired) electrons. The van der Waals surface area contributed by atoms with Crippen LogP contribution < -0.4 is 0 Å². The number of benzene rings is 1. The van der Waals surface area contributed by atoms with Crippen LogP contribution >= 0.6 is 0 Å². The molecular formula is C15H22. The molecule has 0 amide bonds. The first kappa shape index (κ1) is 10.7. The summed E-state index contributed by atoms with van der Waals surface area (Å²) in [6, 6.07) is 4.73. The lowest BCUT2D eigenvalue weighted by Crippen LogP contribution is -2.03. The lowest BCUT2D eigenvalue weighted by atomic mass is 9.85. The largest absolute Gasteiger partial charge is 0.0587 e. The zero-order valence-corrected chi connectivity index (χ0v) is 10.4. The number of fused-ring (bicyclic) bond motifs is 1. The average Bonchev–Trinajstić information content (AvgIpc) is 2.62. The van der Waals surface area contributed by atoms with Crippen molar-refractivity contribution in [2.75, 3.05) is 0 Å². The Morgan fingerprint density at radius 3 is 2.27 bits per heavy atom. The fourth-order valence-electron chi connectivity index (χ4n) is 2.90. The molecule has 0 aliphatic heterocycles. The van der Waals surface area contributed by atoms with Gasteiger partial charge in [0.15, 0.2) is 0 Å². The quantitative estimate of drug-likeness (QED) is 0.666. The fraction of sp³-hybridized carbons (Fsp3) is 0.600. The van der Waals surface area contributed by atoms with E-state index in [1.807, 2.05) is 0 Å². The summed E-state index contributed by atoms with van der Waals surface area (Å²) in [6.45, 7) is 9.28. The Morgan fingerprint density at radius 2 is 1.67 bits per heavy atom. The van der Waals surface area contributed by atoms with Crippen LogP contribution in [0, 0.1) is 0 Å². The van der Waals surface area contributed by atoms with Gasteiger partial charge in [-0.3, -0.25) is 0 Å². The number of hydrogen-bond acceptors (Lipinski definition) is 0. The maximum Gasteiger partial charge on any atom is -0.0213 e. The first-order chi connectivity index (χ1) is 7.11. The molecule has 0 fully saturated rings. The fourth-order valence-corrected chi connectivity index (χ4v) is 2.90. The zero-order valence-electron chi connectivity index (χ0n) is 10.4. The number of rotatable bonds is 2. The summed E-state index contributed by atoms with van der Waals surface area (Å²) in [5.74, 6) is 1.34. The molecule has 1 aromatic carbocycles. The summed E-state index contributed by atoms with van der Waals surface area (Å²) in [5, 5.41) is 0. The third kappa shape index (κ3) is 1.82. The second kappa shape index (κ2) is 4.00. The minimum atomic E-state index is 0.660. The predicted octanol–water partition coefficient (Wildman–Crippen LogP) is 4.42. The van der Waals surface area contributed by atoms with E-state index in [-0.39, 0.29) is 0 Å². The van der Waals surface area contributed by atoms with Crippen LogP contribution in [0.15, 0.2) is 12.1 Å². The van der Waals surface area contributed by atoms with Crippen LogP contribution in [0.4, 0.5) is 0 Å². The van der Waals surface area contributed by atoms with Crippen LogP contribution in [0.2, 0.25) is 0 Å². The Morgan fingerprint density at radius 1 is 0.933 bits per heavy atom. The molecule has 0 spiro atoms. The van der Waals surface area contributed by atoms with Crippen LogP contribution in [0.3, 0.4) is 0 Å². The Kier molecular flexibility index (Phi) is 2.86. The van der Waals surface area contributed by atoms with E-state index < -0.39 is 0 Å². The minimum absolute atomic E-state index is 0.660. The normalized spacial score (nSPS) is 15.1. The van der Waals surface area contributed by atoms with Crippen LogP contribution in [0.5, 0.6) is 0 Å². The highest BCUT2D eigenvalue weighted by Gasteiger charge is 2.20. The molecule has 0 aromatic heterocycles. The van der Waals surface area contributed by atoms with Gasteiger partial charge in [-0.2, -0.15) is 0 Å². The molecule has 0 nitrogen and oxygen atoms in total. The van der Waals surface area contributed by atoms with E-state index in [1.165, 1.54) is 19.3 Å². The summed E-state index contributed by atoms with van der Waals surface area (Å²) < 4.78 is 0. The van der Waals surface area contributed by atoms with Crippen molar-refractivity contribution in [3.8, 4) is 0 Å². The molecule has 1 aliphatic carbocycles. The standard InChI is InChI=1S/C15H22/c1-10(2)13-9-8-12-6-5-7-14(12)15(13)11(3)4/h8-11H,5-7H2,1-4H3. The Hall–Kier alpha value is -0.780. The van der Waals surface area contributed by atoms with E-state index in [0.717, 1.165) is 0 Å². The van der Waals surface area contributed by atoms with Crippen molar-refractivity contribution in [1.82, 2.24) is 0 Å². The molecule has 1 aromatic rings. The topological polar surface area (TPSA) is 0 Å². The molecule has 1 aliphatic rings. The van der Waals surface area contributed by atoms with Gasteiger partial charge in [-0.1, -0.05) is 39.8 Å². The molecule has 0 saturated heterocycles. The van der Waals surface area contributed by atoms with E-state index >= 15 is 0 Å². The molecule has 0 saturated carbocycles. The van der Waals surface area contributed by atoms with Gasteiger partial charge >= 0.3 is 0 Å². The smallest absolute Gasteiger partial charge is 0.0213 e. The van der Waals surface area contributed by atoms with E-state index in [2.05, 4.69) is 39.8 Å². The average molecular weight is 202 g/mol. The molecular weight excluding hydrogens is 180 g/mol. The molecule has 0 heteroatoms. The second-order valence-electron chi connectivity index (χ2n) is 5.37. The highest BCUT2D eigenvalue weighted by atomic mass is 14.2. The first-order valence-electron chi connectivity index (χ1n) is 6.25. The Bertz CT molecular complexity index is 359. The molecule has 0 heterocycles. The SMILES string of the molecule is CC(C)c1ccc2c(c1C(C)C)CCC2. The van der Waals surface area contributed by atoms with Crippen molar-refractivity contribution in [3.05, 3.63) is 34.4 Å². The predicted molar refractivity (Wildman–Crippen MR) is 66.6 cm³/mol. The van der Waals surface area contributed by atoms with Crippen molar-refractivity contribution < 1.29 is 0 Å². The molecule has 2 rings (SSSR count). The van der Waals surface area contributed by atoms with Crippen LogP contribution in [-0.2, 0) is 12.8 Å². The first-order valence-corrected chi connectivity index (χ1v) is 6.25. The van der Waals surface area contributed by atoms with Crippen molar-refractivity contribution in [3.63, 3.8) is 0 Å². The maximum atomic E-state index is 2.37.